The molecule has 0 bridgehead atoms. The fourth-order valence-electron chi connectivity index (χ4n) is 3.06. The number of rotatable bonds is 3. The average Bonchev–Trinajstić information content (AvgIpc) is 3.05. The Kier molecular flexibility index (Phi) is 4.66. The third-order valence-electron chi connectivity index (χ3n) is 4.57. The molecule has 0 saturated carbocycles. The molecule has 126 valence electrons. The molecule has 3 rings (SSSR count). The van der Waals surface area contributed by atoms with Crippen molar-refractivity contribution in [3.8, 4) is 0 Å². The van der Waals surface area contributed by atoms with Crippen LogP contribution in [0.5, 0.6) is 0 Å². The van der Waals surface area contributed by atoms with Crippen LogP contribution >= 0.6 is 0 Å². The highest BCUT2D eigenvalue weighted by Crippen LogP contribution is 2.29. The van der Waals surface area contributed by atoms with Crippen molar-refractivity contribution in [1.29, 1.82) is 0 Å². The first-order chi connectivity index (χ1) is 11.6. The lowest BCUT2D eigenvalue weighted by Crippen LogP contribution is -2.50. The van der Waals surface area contributed by atoms with Gasteiger partial charge < -0.3 is 10.3 Å². The largest absolute Gasteiger partial charge is 0.361 e. The number of para-hydroxylation sites is 1. The lowest BCUT2D eigenvalue weighted by molar-refractivity contribution is -0.124. The molecular formula is C18H22N4O2. The van der Waals surface area contributed by atoms with Crippen molar-refractivity contribution < 1.29 is 9.59 Å². The van der Waals surface area contributed by atoms with Crippen molar-refractivity contribution in [2.75, 3.05) is 20.1 Å². The van der Waals surface area contributed by atoms with Crippen molar-refractivity contribution in [1.82, 2.24) is 20.5 Å². The zero-order chi connectivity index (χ0) is 17.1. The fraction of sp³-hybridized carbons (Fsp3) is 0.333. The molecule has 6 heteroatoms. The maximum absolute atomic E-state index is 12.1. The summed E-state index contributed by atoms with van der Waals surface area (Å²) < 4.78 is 0. The first kappa shape index (κ1) is 16.3. The van der Waals surface area contributed by atoms with E-state index in [0.29, 0.717) is 6.54 Å². The van der Waals surface area contributed by atoms with E-state index in [-0.39, 0.29) is 11.9 Å². The lowest BCUT2D eigenvalue weighted by Gasteiger charge is -2.30. The van der Waals surface area contributed by atoms with Crippen LogP contribution in [-0.4, -0.2) is 48.0 Å². The molecule has 0 radical (unpaired) electrons. The normalized spacial score (nSPS) is 16.5. The van der Waals surface area contributed by atoms with E-state index in [0.717, 1.165) is 18.5 Å². The minimum atomic E-state index is -0.473. The number of amides is 3. The van der Waals surface area contributed by atoms with Gasteiger partial charge in [0.1, 0.15) is 0 Å². The summed E-state index contributed by atoms with van der Waals surface area (Å²) in [7, 11) is 1.49. The maximum atomic E-state index is 12.1. The van der Waals surface area contributed by atoms with E-state index in [9.17, 15) is 9.59 Å². The number of fused-ring (bicyclic) bond motifs is 1. The summed E-state index contributed by atoms with van der Waals surface area (Å²) >= 11 is 0. The summed E-state index contributed by atoms with van der Waals surface area (Å²) in [4.78, 5) is 28.7. The van der Waals surface area contributed by atoms with Crippen molar-refractivity contribution in [3.63, 3.8) is 0 Å². The molecular weight excluding hydrogens is 304 g/mol. The average molecular weight is 326 g/mol. The first-order valence-corrected chi connectivity index (χ1v) is 8.12. The van der Waals surface area contributed by atoms with Crippen LogP contribution in [0.3, 0.4) is 0 Å². The van der Waals surface area contributed by atoms with Gasteiger partial charge in [-0.05, 0) is 25.0 Å². The zero-order valence-corrected chi connectivity index (χ0v) is 13.9. The van der Waals surface area contributed by atoms with E-state index in [1.54, 1.807) is 0 Å². The Balaban J connectivity index is 1.70. The summed E-state index contributed by atoms with van der Waals surface area (Å²) in [6.45, 7) is 3.30. The van der Waals surface area contributed by atoms with Crippen molar-refractivity contribution in [3.05, 3.63) is 42.1 Å². The molecule has 1 aliphatic heterocycles. The predicted octanol–water partition coefficient (Wildman–Crippen LogP) is 2.10. The number of hydrogen-bond acceptors (Lipinski definition) is 3. The van der Waals surface area contributed by atoms with Crippen LogP contribution < -0.4 is 10.6 Å². The molecule has 1 aromatic carbocycles. The van der Waals surface area contributed by atoms with Crippen LogP contribution in [0.1, 0.15) is 18.9 Å². The number of nitrogens with zero attached hydrogens (tertiary/aromatic N) is 1. The molecule has 3 N–H and O–H groups in total. The summed E-state index contributed by atoms with van der Waals surface area (Å²) in [5.41, 5.74) is 3.66. The van der Waals surface area contributed by atoms with Gasteiger partial charge in [0.05, 0.1) is 6.04 Å². The quantitative estimate of drug-likeness (QED) is 0.808. The summed E-state index contributed by atoms with van der Waals surface area (Å²) in [5, 5.41) is 5.95. The monoisotopic (exact) mass is 326 g/mol. The number of urea groups is 1. The Bertz CT molecular complexity index is 793. The Labute approximate surface area is 140 Å². The third kappa shape index (κ3) is 3.19. The Morgan fingerprint density at radius 1 is 1.29 bits per heavy atom. The van der Waals surface area contributed by atoms with Gasteiger partial charge in [-0.2, -0.15) is 0 Å². The minimum Gasteiger partial charge on any atom is -0.361 e. The van der Waals surface area contributed by atoms with Crippen molar-refractivity contribution in [2.24, 2.45) is 0 Å². The van der Waals surface area contributed by atoms with E-state index in [4.69, 9.17) is 0 Å². The molecule has 1 atom stereocenters. The number of carbonyl (C=O) groups excluding carboxylic acids is 2. The first-order valence-electron chi connectivity index (χ1n) is 8.12. The Hall–Kier alpha value is -2.60. The molecule has 2 aromatic rings. The van der Waals surface area contributed by atoms with Gasteiger partial charge in [-0.15, -0.1) is 0 Å². The number of nitrogens with one attached hydrogen (secondary N) is 3. The lowest BCUT2D eigenvalue weighted by atomic mass is 9.98. The Morgan fingerprint density at radius 2 is 2.08 bits per heavy atom. The highest BCUT2D eigenvalue weighted by Gasteiger charge is 2.24. The van der Waals surface area contributed by atoms with E-state index in [1.165, 1.54) is 23.6 Å². The predicted molar refractivity (Wildman–Crippen MR) is 94.5 cm³/mol. The van der Waals surface area contributed by atoms with E-state index in [2.05, 4.69) is 38.7 Å². The minimum absolute atomic E-state index is 0.279. The molecule has 0 aliphatic carbocycles. The molecule has 0 fully saturated rings. The third-order valence-corrected chi connectivity index (χ3v) is 4.57. The highest BCUT2D eigenvalue weighted by atomic mass is 16.2. The second-order valence-electron chi connectivity index (χ2n) is 5.97. The van der Waals surface area contributed by atoms with Crippen LogP contribution in [-0.2, 0) is 4.79 Å². The van der Waals surface area contributed by atoms with Crippen LogP contribution in [0, 0.1) is 0 Å². The van der Waals surface area contributed by atoms with Crippen LogP contribution in [0.15, 0.2) is 36.5 Å². The SMILES string of the molecule is CNC(=O)NC(=O)[C@@H](C)N1CC=C(c2c[nH]c3ccccc23)CC1. The summed E-state index contributed by atoms with van der Waals surface area (Å²) in [6, 6.07) is 7.43. The molecule has 0 unspecified atom stereocenters. The van der Waals surface area contributed by atoms with Crippen molar-refractivity contribution in [2.45, 2.75) is 19.4 Å². The molecule has 6 nitrogen and oxygen atoms in total. The number of H-pyrrole nitrogens is 1. The second-order valence-corrected chi connectivity index (χ2v) is 5.97. The summed E-state index contributed by atoms with van der Waals surface area (Å²) in [6.07, 6.45) is 5.09. The maximum Gasteiger partial charge on any atom is 0.321 e. The van der Waals surface area contributed by atoms with Crippen LogP contribution in [0.4, 0.5) is 4.79 Å². The number of aromatic amines is 1. The van der Waals surface area contributed by atoms with Gasteiger partial charge >= 0.3 is 6.03 Å². The van der Waals surface area contributed by atoms with Gasteiger partial charge in [-0.3, -0.25) is 15.0 Å². The van der Waals surface area contributed by atoms with E-state index >= 15 is 0 Å². The standard InChI is InChI=1S/C18H22N4O2/c1-12(17(23)21-18(24)19-2)22-9-7-13(8-10-22)15-11-20-16-6-4-3-5-14(15)16/h3-7,11-12,20H,8-10H2,1-2H3,(H2,19,21,23,24)/t12-/m1/s1. The van der Waals surface area contributed by atoms with Crippen molar-refractivity contribution >= 4 is 28.4 Å². The Morgan fingerprint density at radius 3 is 2.79 bits per heavy atom. The van der Waals surface area contributed by atoms with Gasteiger partial charge in [0.15, 0.2) is 0 Å². The molecule has 1 aromatic heterocycles. The smallest absolute Gasteiger partial charge is 0.321 e. The van der Waals surface area contributed by atoms with Crippen LogP contribution in [0.2, 0.25) is 0 Å². The molecule has 3 amide bonds. The van der Waals surface area contributed by atoms with Gasteiger partial charge in [0.2, 0.25) is 5.91 Å². The number of carbonyl (C=O) groups is 2. The summed E-state index contributed by atoms with van der Waals surface area (Å²) in [5.74, 6) is -0.279. The highest BCUT2D eigenvalue weighted by molar-refractivity contribution is 5.97. The molecule has 24 heavy (non-hydrogen) atoms. The number of imide groups is 1. The second kappa shape index (κ2) is 6.88. The van der Waals surface area contributed by atoms with E-state index < -0.39 is 6.03 Å². The van der Waals surface area contributed by atoms with Gasteiger partial charge in [-0.25, -0.2) is 4.79 Å². The number of hydrogen-bond donors (Lipinski definition) is 3. The molecule has 1 aliphatic rings. The van der Waals surface area contributed by atoms with Gasteiger partial charge in [0.25, 0.3) is 0 Å². The molecule has 2 heterocycles. The van der Waals surface area contributed by atoms with Gasteiger partial charge in [0, 0.05) is 42.8 Å². The van der Waals surface area contributed by atoms with Crippen LogP contribution in [0.25, 0.3) is 16.5 Å². The van der Waals surface area contributed by atoms with E-state index in [1.807, 2.05) is 25.3 Å². The molecule has 0 spiro atoms. The number of aromatic nitrogens is 1. The topological polar surface area (TPSA) is 77.2 Å². The fourth-order valence-corrected chi connectivity index (χ4v) is 3.06. The molecule has 0 saturated heterocycles. The number of benzene rings is 1. The van der Waals surface area contributed by atoms with Gasteiger partial charge in [-0.1, -0.05) is 24.3 Å². The zero-order valence-electron chi connectivity index (χ0n) is 13.9.